The highest BCUT2D eigenvalue weighted by molar-refractivity contribution is 4.84. The Bertz CT molecular complexity index is 165. The van der Waals surface area contributed by atoms with Crippen LogP contribution in [0.4, 0.5) is 0 Å². The van der Waals surface area contributed by atoms with E-state index in [4.69, 9.17) is 10.5 Å². The van der Waals surface area contributed by atoms with Crippen LogP contribution in [0.3, 0.4) is 0 Å². The van der Waals surface area contributed by atoms with Gasteiger partial charge in [0.2, 0.25) is 0 Å². The highest BCUT2D eigenvalue weighted by Crippen LogP contribution is 2.29. The predicted molar refractivity (Wildman–Crippen MR) is 57.2 cm³/mol. The monoisotopic (exact) mass is 198 g/mol. The Balaban J connectivity index is 1.65. The number of rotatable bonds is 5. The number of nitrogens with two attached hydrogens (primary N) is 1. The molecule has 3 heteroatoms. The molecule has 0 aromatic rings. The molecule has 1 aliphatic carbocycles. The molecule has 1 saturated carbocycles. The van der Waals surface area contributed by atoms with Crippen molar-refractivity contribution in [2.24, 2.45) is 11.7 Å². The van der Waals surface area contributed by atoms with Crippen molar-refractivity contribution in [3.8, 4) is 0 Å². The Labute approximate surface area is 86.4 Å². The van der Waals surface area contributed by atoms with E-state index in [0.29, 0.717) is 12.1 Å². The highest BCUT2D eigenvalue weighted by atomic mass is 16.5. The summed E-state index contributed by atoms with van der Waals surface area (Å²) in [7, 11) is 0. The van der Waals surface area contributed by atoms with E-state index in [1.54, 1.807) is 0 Å². The van der Waals surface area contributed by atoms with Crippen LogP contribution in [0.5, 0.6) is 0 Å². The molecule has 14 heavy (non-hydrogen) atoms. The average molecular weight is 198 g/mol. The van der Waals surface area contributed by atoms with Gasteiger partial charge in [-0.25, -0.2) is 0 Å². The first-order chi connectivity index (χ1) is 6.90. The maximum atomic E-state index is 5.76. The van der Waals surface area contributed by atoms with Crippen LogP contribution in [0.2, 0.25) is 0 Å². The first-order valence-electron chi connectivity index (χ1n) is 5.95. The zero-order valence-corrected chi connectivity index (χ0v) is 8.87. The molecule has 2 unspecified atom stereocenters. The van der Waals surface area contributed by atoms with E-state index >= 15 is 0 Å². The molecule has 1 saturated heterocycles. The summed E-state index contributed by atoms with van der Waals surface area (Å²) in [5.41, 5.74) is 5.76. The largest absolute Gasteiger partial charge is 0.377 e. The van der Waals surface area contributed by atoms with Crippen molar-refractivity contribution in [1.29, 1.82) is 0 Å². The van der Waals surface area contributed by atoms with Gasteiger partial charge >= 0.3 is 0 Å². The smallest absolute Gasteiger partial charge is 0.0700 e. The fourth-order valence-corrected chi connectivity index (χ4v) is 2.37. The van der Waals surface area contributed by atoms with Gasteiger partial charge in [0.1, 0.15) is 0 Å². The fraction of sp³-hybridized carbons (Fsp3) is 1.00. The van der Waals surface area contributed by atoms with E-state index in [1.807, 2.05) is 0 Å². The van der Waals surface area contributed by atoms with Crippen molar-refractivity contribution < 1.29 is 4.74 Å². The van der Waals surface area contributed by atoms with Crippen LogP contribution in [-0.4, -0.2) is 31.8 Å². The number of hydrogen-bond donors (Lipinski definition) is 2. The molecule has 0 aromatic carbocycles. The number of hydrogen-bond acceptors (Lipinski definition) is 3. The Morgan fingerprint density at radius 1 is 1.29 bits per heavy atom. The van der Waals surface area contributed by atoms with E-state index in [9.17, 15) is 0 Å². The first kappa shape index (κ1) is 10.4. The van der Waals surface area contributed by atoms with Crippen molar-refractivity contribution in [2.75, 3.05) is 19.7 Å². The van der Waals surface area contributed by atoms with Crippen LogP contribution in [0.1, 0.15) is 32.1 Å². The molecule has 2 atom stereocenters. The summed E-state index contributed by atoms with van der Waals surface area (Å²) in [6.45, 7) is 2.72. The Hall–Kier alpha value is -0.120. The minimum atomic E-state index is 0.448. The molecule has 1 aliphatic heterocycles. The Morgan fingerprint density at radius 2 is 2.14 bits per heavy atom. The lowest BCUT2D eigenvalue weighted by Gasteiger charge is -2.34. The van der Waals surface area contributed by atoms with Crippen molar-refractivity contribution in [2.45, 2.75) is 44.2 Å². The van der Waals surface area contributed by atoms with Gasteiger partial charge in [-0.15, -0.1) is 0 Å². The molecule has 3 nitrogen and oxygen atoms in total. The Morgan fingerprint density at radius 3 is 2.64 bits per heavy atom. The lowest BCUT2D eigenvalue weighted by atomic mass is 9.79. The Kier molecular flexibility index (Phi) is 3.79. The quantitative estimate of drug-likeness (QED) is 0.689. The second-order valence-electron chi connectivity index (χ2n) is 4.58. The summed E-state index contributed by atoms with van der Waals surface area (Å²) >= 11 is 0. The summed E-state index contributed by atoms with van der Waals surface area (Å²) in [6, 6.07) is 0.535. The van der Waals surface area contributed by atoms with Gasteiger partial charge in [-0.2, -0.15) is 0 Å². The van der Waals surface area contributed by atoms with Gasteiger partial charge in [0.15, 0.2) is 0 Å². The summed E-state index contributed by atoms with van der Waals surface area (Å²) in [4.78, 5) is 0. The van der Waals surface area contributed by atoms with Crippen molar-refractivity contribution >= 4 is 0 Å². The van der Waals surface area contributed by atoms with E-state index in [2.05, 4.69) is 5.32 Å². The summed E-state index contributed by atoms with van der Waals surface area (Å²) in [5, 5.41) is 3.56. The fourth-order valence-electron chi connectivity index (χ4n) is 2.37. The minimum absolute atomic E-state index is 0.448. The van der Waals surface area contributed by atoms with E-state index < -0.39 is 0 Å². The van der Waals surface area contributed by atoms with Crippen molar-refractivity contribution in [3.63, 3.8) is 0 Å². The molecule has 0 bridgehead atoms. The normalized spacial score (nSPS) is 30.2. The first-order valence-corrected chi connectivity index (χ1v) is 5.95. The second-order valence-corrected chi connectivity index (χ2v) is 4.58. The zero-order chi connectivity index (χ0) is 9.80. The molecule has 2 rings (SSSR count). The average Bonchev–Trinajstić information content (AvgIpc) is 2.61. The predicted octanol–water partition coefficient (Wildman–Crippen LogP) is 0.882. The van der Waals surface area contributed by atoms with E-state index in [-0.39, 0.29) is 0 Å². The highest BCUT2D eigenvalue weighted by Gasteiger charge is 2.26. The standard InChI is InChI=1S/C11H22N2O/c12-7-11(9-3-1-4-9)13-8-10-5-2-6-14-10/h9-11,13H,1-8,12H2. The van der Waals surface area contributed by atoms with Crippen LogP contribution in [-0.2, 0) is 4.74 Å². The van der Waals surface area contributed by atoms with Crippen molar-refractivity contribution in [3.05, 3.63) is 0 Å². The van der Waals surface area contributed by atoms with Crippen LogP contribution in [0.25, 0.3) is 0 Å². The van der Waals surface area contributed by atoms with Gasteiger partial charge in [-0.05, 0) is 31.6 Å². The molecule has 82 valence electrons. The molecular formula is C11H22N2O. The molecule has 0 spiro atoms. The number of ether oxygens (including phenoxy) is 1. The topological polar surface area (TPSA) is 47.3 Å². The summed E-state index contributed by atoms with van der Waals surface area (Å²) in [5.74, 6) is 0.835. The molecule has 1 heterocycles. The van der Waals surface area contributed by atoms with Gasteiger partial charge in [0, 0.05) is 25.7 Å². The summed E-state index contributed by atoms with van der Waals surface area (Å²) < 4.78 is 5.58. The van der Waals surface area contributed by atoms with Crippen molar-refractivity contribution in [1.82, 2.24) is 5.32 Å². The molecular weight excluding hydrogens is 176 g/mol. The summed E-state index contributed by atoms with van der Waals surface area (Å²) in [6.07, 6.45) is 7.01. The van der Waals surface area contributed by atoms with Crippen LogP contribution >= 0.6 is 0 Å². The molecule has 0 amide bonds. The van der Waals surface area contributed by atoms with Crippen LogP contribution < -0.4 is 11.1 Å². The van der Waals surface area contributed by atoms with Crippen LogP contribution in [0, 0.1) is 5.92 Å². The second kappa shape index (κ2) is 5.10. The zero-order valence-electron chi connectivity index (χ0n) is 8.87. The SMILES string of the molecule is NCC(NCC1CCCO1)C1CCC1. The van der Waals surface area contributed by atoms with Gasteiger partial charge in [-0.3, -0.25) is 0 Å². The minimum Gasteiger partial charge on any atom is -0.377 e. The molecule has 0 aromatic heterocycles. The van der Waals surface area contributed by atoms with Gasteiger partial charge in [-0.1, -0.05) is 6.42 Å². The maximum absolute atomic E-state index is 5.76. The molecule has 3 N–H and O–H groups in total. The maximum Gasteiger partial charge on any atom is 0.0700 e. The third kappa shape index (κ3) is 2.47. The van der Waals surface area contributed by atoms with E-state index in [0.717, 1.165) is 25.6 Å². The van der Waals surface area contributed by atoms with Gasteiger partial charge in [0.05, 0.1) is 6.10 Å². The molecule has 0 radical (unpaired) electrons. The number of nitrogens with one attached hydrogen (secondary N) is 1. The molecule has 2 fully saturated rings. The lowest BCUT2D eigenvalue weighted by molar-refractivity contribution is 0.101. The van der Waals surface area contributed by atoms with E-state index in [1.165, 1.54) is 32.1 Å². The molecule has 2 aliphatic rings. The lowest BCUT2D eigenvalue weighted by Crippen LogP contribution is -2.47. The van der Waals surface area contributed by atoms with Gasteiger partial charge < -0.3 is 15.8 Å². The van der Waals surface area contributed by atoms with Gasteiger partial charge in [0.25, 0.3) is 0 Å². The third-order valence-electron chi connectivity index (χ3n) is 3.60. The third-order valence-corrected chi connectivity index (χ3v) is 3.60. The van der Waals surface area contributed by atoms with Crippen LogP contribution in [0.15, 0.2) is 0 Å².